The molecule has 0 heterocycles. The highest BCUT2D eigenvalue weighted by atomic mass is 16.5. The molecule has 0 rings (SSSR count). The van der Waals surface area contributed by atoms with Crippen LogP contribution in [-0.4, -0.2) is 48.8 Å². The SMILES string of the molecule is CCC(C(C)C)N(CCOC)CC(=O)O. The minimum atomic E-state index is -0.773. The molecule has 4 nitrogen and oxygen atoms in total. The van der Waals surface area contributed by atoms with Crippen molar-refractivity contribution in [3.8, 4) is 0 Å². The molecular weight excluding hydrogens is 194 g/mol. The summed E-state index contributed by atoms with van der Waals surface area (Å²) >= 11 is 0. The molecule has 1 atom stereocenters. The number of methoxy groups -OCH3 is 1. The van der Waals surface area contributed by atoms with E-state index in [2.05, 4.69) is 20.8 Å². The standard InChI is InChI=1S/C11H23NO3/c1-5-10(9(2)3)12(6-7-15-4)8-11(13)14/h9-10H,5-8H2,1-4H3,(H,13,14). The van der Waals surface area contributed by atoms with Gasteiger partial charge in [-0.2, -0.15) is 0 Å². The van der Waals surface area contributed by atoms with Crippen LogP contribution in [0.3, 0.4) is 0 Å². The molecule has 0 saturated carbocycles. The number of nitrogens with zero attached hydrogens (tertiary/aromatic N) is 1. The van der Waals surface area contributed by atoms with Gasteiger partial charge in [0.2, 0.25) is 0 Å². The maximum atomic E-state index is 10.7. The molecule has 1 unspecified atom stereocenters. The lowest BCUT2D eigenvalue weighted by Gasteiger charge is -2.32. The average Bonchev–Trinajstić information content (AvgIpc) is 2.13. The molecule has 0 aliphatic carbocycles. The Kier molecular flexibility index (Phi) is 7.34. The number of carboxylic acids is 1. The highest BCUT2D eigenvalue weighted by Crippen LogP contribution is 2.13. The Morgan fingerprint density at radius 2 is 2.07 bits per heavy atom. The van der Waals surface area contributed by atoms with E-state index in [9.17, 15) is 4.79 Å². The van der Waals surface area contributed by atoms with Crippen LogP contribution in [0, 0.1) is 5.92 Å². The van der Waals surface area contributed by atoms with Crippen molar-refractivity contribution >= 4 is 5.97 Å². The molecule has 1 N–H and O–H groups in total. The highest BCUT2D eigenvalue weighted by Gasteiger charge is 2.21. The summed E-state index contributed by atoms with van der Waals surface area (Å²) in [5.41, 5.74) is 0. The highest BCUT2D eigenvalue weighted by molar-refractivity contribution is 5.69. The van der Waals surface area contributed by atoms with Gasteiger partial charge in [-0.1, -0.05) is 20.8 Å². The number of carboxylic acid groups (broad SMARTS) is 1. The van der Waals surface area contributed by atoms with Crippen LogP contribution in [0.4, 0.5) is 0 Å². The van der Waals surface area contributed by atoms with Gasteiger partial charge in [-0.15, -0.1) is 0 Å². The molecule has 0 aliphatic heterocycles. The van der Waals surface area contributed by atoms with Crippen LogP contribution in [0.15, 0.2) is 0 Å². The van der Waals surface area contributed by atoms with Crippen LogP contribution in [0.2, 0.25) is 0 Å². The lowest BCUT2D eigenvalue weighted by Crippen LogP contribution is -2.43. The Bertz CT molecular complexity index is 183. The number of carbonyl (C=O) groups is 1. The van der Waals surface area contributed by atoms with Crippen molar-refractivity contribution in [1.82, 2.24) is 4.90 Å². The molecule has 0 amide bonds. The Morgan fingerprint density at radius 3 is 2.40 bits per heavy atom. The number of hydrogen-bond acceptors (Lipinski definition) is 3. The fourth-order valence-corrected chi connectivity index (χ4v) is 1.90. The van der Waals surface area contributed by atoms with Gasteiger partial charge in [-0.3, -0.25) is 9.69 Å². The molecule has 0 spiro atoms. The summed E-state index contributed by atoms with van der Waals surface area (Å²) in [6, 6.07) is 0.316. The molecule has 4 heteroatoms. The van der Waals surface area contributed by atoms with Crippen LogP contribution in [0.25, 0.3) is 0 Å². The summed E-state index contributed by atoms with van der Waals surface area (Å²) in [4.78, 5) is 12.7. The fourth-order valence-electron chi connectivity index (χ4n) is 1.90. The third-order valence-corrected chi connectivity index (χ3v) is 2.58. The van der Waals surface area contributed by atoms with Gasteiger partial charge in [0, 0.05) is 19.7 Å². The van der Waals surface area contributed by atoms with Gasteiger partial charge in [0.05, 0.1) is 13.2 Å². The first-order chi connectivity index (χ1) is 7.02. The first-order valence-corrected chi connectivity index (χ1v) is 5.47. The van der Waals surface area contributed by atoms with E-state index in [4.69, 9.17) is 9.84 Å². The molecule has 0 aromatic rings. The number of ether oxygens (including phenoxy) is 1. The van der Waals surface area contributed by atoms with Crippen molar-refractivity contribution < 1.29 is 14.6 Å². The van der Waals surface area contributed by atoms with Gasteiger partial charge in [-0.25, -0.2) is 0 Å². The molecule has 0 bridgehead atoms. The van der Waals surface area contributed by atoms with E-state index in [0.29, 0.717) is 25.1 Å². The zero-order valence-corrected chi connectivity index (χ0v) is 10.2. The van der Waals surface area contributed by atoms with E-state index in [1.807, 2.05) is 4.90 Å². The second kappa shape index (κ2) is 7.65. The first kappa shape index (κ1) is 14.4. The third kappa shape index (κ3) is 5.74. The summed E-state index contributed by atoms with van der Waals surface area (Å²) in [6.07, 6.45) is 0.967. The molecule has 0 aromatic heterocycles. The fraction of sp³-hybridized carbons (Fsp3) is 0.909. The van der Waals surface area contributed by atoms with E-state index in [-0.39, 0.29) is 6.54 Å². The number of aliphatic carboxylic acids is 1. The van der Waals surface area contributed by atoms with Crippen molar-refractivity contribution in [2.75, 3.05) is 26.8 Å². The number of hydrogen-bond donors (Lipinski definition) is 1. The van der Waals surface area contributed by atoms with Crippen molar-refractivity contribution in [1.29, 1.82) is 0 Å². The van der Waals surface area contributed by atoms with E-state index >= 15 is 0 Å². The normalized spacial score (nSPS) is 13.5. The van der Waals surface area contributed by atoms with Gasteiger partial charge >= 0.3 is 5.97 Å². The van der Waals surface area contributed by atoms with Crippen molar-refractivity contribution in [3.05, 3.63) is 0 Å². The first-order valence-electron chi connectivity index (χ1n) is 5.47. The molecule has 0 fully saturated rings. The zero-order chi connectivity index (χ0) is 11.8. The van der Waals surface area contributed by atoms with Gasteiger partial charge < -0.3 is 9.84 Å². The largest absolute Gasteiger partial charge is 0.480 e. The lowest BCUT2D eigenvalue weighted by atomic mass is 10.00. The minimum Gasteiger partial charge on any atom is -0.480 e. The van der Waals surface area contributed by atoms with Gasteiger partial charge in [0.15, 0.2) is 0 Å². The summed E-state index contributed by atoms with van der Waals surface area (Å²) < 4.78 is 4.99. The van der Waals surface area contributed by atoms with Crippen molar-refractivity contribution in [2.45, 2.75) is 33.2 Å². The average molecular weight is 217 g/mol. The van der Waals surface area contributed by atoms with Gasteiger partial charge in [-0.05, 0) is 12.3 Å². The van der Waals surface area contributed by atoms with Crippen molar-refractivity contribution in [2.24, 2.45) is 5.92 Å². The second-order valence-electron chi connectivity index (χ2n) is 4.08. The summed E-state index contributed by atoms with van der Waals surface area (Å²) in [7, 11) is 1.63. The van der Waals surface area contributed by atoms with E-state index in [0.717, 1.165) is 6.42 Å². The summed E-state index contributed by atoms with van der Waals surface area (Å²) in [5, 5.41) is 8.83. The Morgan fingerprint density at radius 1 is 1.47 bits per heavy atom. The van der Waals surface area contributed by atoms with Crippen LogP contribution < -0.4 is 0 Å². The van der Waals surface area contributed by atoms with Crippen LogP contribution >= 0.6 is 0 Å². The van der Waals surface area contributed by atoms with Crippen LogP contribution in [0.1, 0.15) is 27.2 Å². The van der Waals surface area contributed by atoms with Gasteiger partial charge in [0.25, 0.3) is 0 Å². The van der Waals surface area contributed by atoms with Crippen LogP contribution in [0.5, 0.6) is 0 Å². The Balaban J connectivity index is 4.35. The second-order valence-corrected chi connectivity index (χ2v) is 4.08. The topological polar surface area (TPSA) is 49.8 Å². The molecule has 90 valence electrons. The van der Waals surface area contributed by atoms with Crippen molar-refractivity contribution in [3.63, 3.8) is 0 Å². The van der Waals surface area contributed by atoms with E-state index in [1.54, 1.807) is 7.11 Å². The summed E-state index contributed by atoms with van der Waals surface area (Å²) in [5.74, 6) is -0.309. The number of rotatable bonds is 8. The maximum Gasteiger partial charge on any atom is 0.317 e. The molecule has 0 aliphatic rings. The molecule has 15 heavy (non-hydrogen) atoms. The Labute approximate surface area is 92.2 Å². The third-order valence-electron chi connectivity index (χ3n) is 2.58. The predicted molar refractivity (Wildman–Crippen MR) is 60.0 cm³/mol. The monoisotopic (exact) mass is 217 g/mol. The predicted octanol–water partition coefficient (Wildman–Crippen LogP) is 1.45. The van der Waals surface area contributed by atoms with E-state index < -0.39 is 5.97 Å². The van der Waals surface area contributed by atoms with Crippen LogP contribution in [-0.2, 0) is 9.53 Å². The van der Waals surface area contributed by atoms with Gasteiger partial charge in [0.1, 0.15) is 0 Å². The molecular formula is C11H23NO3. The smallest absolute Gasteiger partial charge is 0.317 e. The maximum absolute atomic E-state index is 10.7. The summed E-state index contributed by atoms with van der Waals surface area (Å²) in [6.45, 7) is 7.69. The van der Waals surface area contributed by atoms with E-state index in [1.165, 1.54) is 0 Å². The molecule has 0 aromatic carbocycles. The quantitative estimate of drug-likeness (QED) is 0.668. The zero-order valence-electron chi connectivity index (χ0n) is 10.2. The minimum absolute atomic E-state index is 0.0973. The molecule has 0 radical (unpaired) electrons. The molecule has 0 saturated heterocycles. The lowest BCUT2D eigenvalue weighted by molar-refractivity contribution is -0.139. The Hall–Kier alpha value is -0.610.